The number of nitrogens with zero attached hydrogens (tertiary/aromatic N) is 2. The van der Waals surface area contributed by atoms with Gasteiger partial charge in [0.05, 0.1) is 0 Å². The normalized spacial score (nSPS) is 10.1. The number of pyridine rings is 1. The number of hydrogen-bond donors (Lipinski definition) is 2. The van der Waals surface area contributed by atoms with Gasteiger partial charge in [-0.2, -0.15) is 0 Å². The van der Waals surface area contributed by atoms with Crippen molar-refractivity contribution in [2.24, 2.45) is 0 Å². The van der Waals surface area contributed by atoms with Gasteiger partial charge in [0.15, 0.2) is 5.82 Å². The average Bonchev–Trinajstić information content (AvgIpc) is 2.75. The van der Waals surface area contributed by atoms with Gasteiger partial charge in [0, 0.05) is 17.8 Å². The second kappa shape index (κ2) is 4.66. The Bertz CT molecular complexity index is 606. The lowest BCUT2D eigenvalue weighted by atomic mass is 10.2. The fourth-order valence-electron chi connectivity index (χ4n) is 1.30. The molecule has 1 amide bonds. The first-order valence-electron chi connectivity index (χ1n) is 5.00. The Morgan fingerprint density at radius 1 is 1.39 bits per heavy atom. The molecule has 0 atom stereocenters. The summed E-state index contributed by atoms with van der Waals surface area (Å²) >= 11 is 0. The van der Waals surface area contributed by atoms with Gasteiger partial charge in [-0.25, -0.2) is 9.78 Å². The second-order valence-corrected chi connectivity index (χ2v) is 3.51. The lowest BCUT2D eigenvalue weighted by Crippen LogP contribution is -2.13. The first-order chi connectivity index (χ1) is 8.56. The van der Waals surface area contributed by atoms with Crippen LogP contribution in [0.2, 0.25) is 0 Å². The zero-order valence-corrected chi connectivity index (χ0v) is 9.38. The lowest BCUT2D eigenvalue weighted by molar-refractivity contribution is 0.0690. The third kappa shape index (κ3) is 2.51. The number of carbonyl (C=O) groups is 2. The van der Waals surface area contributed by atoms with Gasteiger partial charge in [0.25, 0.3) is 5.91 Å². The van der Waals surface area contributed by atoms with Gasteiger partial charge in [-0.15, -0.1) is 0 Å². The van der Waals surface area contributed by atoms with Crippen LogP contribution in [0.1, 0.15) is 26.6 Å². The first kappa shape index (κ1) is 11.8. The molecule has 0 aromatic carbocycles. The van der Waals surface area contributed by atoms with Gasteiger partial charge in [-0.1, -0.05) is 5.16 Å². The lowest BCUT2D eigenvalue weighted by Gasteiger charge is -2.01. The smallest absolute Gasteiger partial charge is 0.354 e. The van der Waals surface area contributed by atoms with Crippen LogP contribution < -0.4 is 5.32 Å². The van der Waals surface area contributed by atoms with E-state index in [9.17, 15) is 9.59 Å². The number of anilines is 1. The van der Waals surface area contributed by atoms with E-state index in [1.165, 1.54) is 18.3 Å². The van der Waals surface area contributed by atoms with Crippen LogP contribution in [-0.4, -0.2) is 27.1 Å². The van der Waals surface area contributed by atoms with Crippen LogP contribution in [0.3, 0.4) is 0 Å². The number of amides is 1. The van der Waals surface area contributed by atoms with Gasteiger partial charge in [-0.05, 0) is 19.1 Å². The summed E-state index contributed by atoms with van der Waals surface area (Å²) in [6.07, 6.45) is 1.26. The van der Waals surface area contributed by atoms with Crippen molar-refractivity contribution in [3.05, 3.63) is 41.4 Å². The number of aromatic carboxylic acids is 1. The third-order valence-corrected chi connectivity index (χ3v) is 2.11. The summed E-state index contributed by atoms with van der Waals surface area (Å²) in [6, 6.07) is 4.15. The van der Waals surface area contributed by atoms with Crippen LogP contribution in [0, 0.1) is 6.92 Å². The average molecular weight is 247 g/mol. The van der Waals surface area contributed by atoms with E-state index in [4.69, 9.17) is 9.63 Å². The van der Waals surface area contributed by atoms with Crippen LogP contribution >= 0.6 is 0 Å². The number of rotatable bonds is 3. The minimum absolute atomic E-state index is 0.183. The molecule has 2 aromatic heterocycles. The highest BCUT2D eigenvalue weighted by atomic mass is 16.5. The fraction of sp³-hybridized carbons (Fsp3) is 0.0909. The Morgan fingerprint density at radius 2 is 2.17 bits per heavy atom. The Morgan fingerprint density at radius 3 is 2.78 bits per heavy atom. The van der Waals surface area contributed by atoms with E-state index in [1.807, 2.05) is 0 Å². The zero-order chi connectivity index (χ0) is 13.1. The van der Waals surface area contributed by atoms with Crippen molar-refractivity contribution >= 4 is 17.7 Å². The molecule has 0 bridgehead atoms. The molecule has 0 aliphatic carbocycles. The van der Waals surface area contributed by atoms with Crippen molar-refractivity contribution in [1.29, 1.82) is 0 Å². The van der Waals surface area contributed by atoms with E-state index in [-0.39, 0.29) is 17.1 Å². The summed E-state index contributed by atoms with van der Waals surface area (Å²) in [5, 5.41) is 14.8. The summed E-state index contributed by atoms with van der Waals surface area (Å²) in [5.74, 6) is -0.840. The van der Waals surface area contributed by atoms with E-state index in [1.54, 1.807) is 13.0 Å². The molecule has 92 valence electrons. The van der Waals surface area contributed by atoms with Gasteiger partial charge >= 0.3 is 5.97 Å². The molecular formula is C11H9N3O4. The van der Waals surface area contributed by atoms with E-state index >= 15 is 0 Å². The summed E-state index contributed by atoms with van der Waals surface area (Å²) in [6.45, 7) is 1.69. The number of hydrogen-bond acceptors (Lipinski definition) is 5. The van der Waals surface area contributed by atoms with Crippen molar-refractivity contribution in [2.75, 3.05) is 5.32 Å². The summed E-state index contributed by atoms with van der Waals surface area (Å²) < 4.78 is 4.79. The molecule has 0 radical (unpaired) electrons. The quantitative estimate of drug-likeness (QED) is 0.847. The highest BCUT2D eigenvalue weighted by Crippen LogP contribution is 2.10. The van der Waals surface area contributed by atoms with Crippen molar-refractivity contribution in [3.63, 3.8) is 0 Å². The Hall–Kier alpha value is -2.70. The Balaban J connectivity index is 2.18. The molecule has 0 fully saturated rings. The molecule has 2 rings (SSSR count). The highest BCUT2D eigenvalue weighted by Gasteiger charge is 2.12. The SMILES string of the molecule is Cc1cc(NC(=O)c2ccnc(C(=O)O)c2)no1. The standard InChI is InChI=1S/C11H9N3O4/c1-6-4-9(14-18-6)13-10(15)7-2-3-12-8(5-7)11(16)17/h2-5H,1H3,(H,16,17)(H,13,14,15). The van der Waals surface area contributed by atoms with Crippen molar-refractivity contribution < 1.29 is 19.2 Å². The summed E-state index contributed by atoms with van der Waals surface area (Å²) in [7, 11) is 0. The number of carboxylic acids is 1. The molecule has 0 saturated heterocycles. The molecule has 2 N–H and O–H groups in total. The number of aromatic nitrogens is 2. The maximum Gasteiger partial charge on any atom is 0.354 e. The van der Waals surface area contributed by atoms with Crippen molar-refractivity contribution in [2.45, 2.75) is 6.92 Å². The van der Waals surface area contributed by atoms with E-state index < -0.39 is 11.9 Å². The Kier molecular flexibility index (Phi) is 3.05. The van der Waals surface area contributed by atoms with Crippen LogP contribution in [0.5, 0.6) is 0 Å². The summed E-state index contributed by atoms with van der Waals surface area (Å²) in [4.78, 5) is 26.1. The van der Waals surface area contributed by atoms with E-state index in [2.05, 4.69) is 15.5 Å². The molecule has 0 unspecified atom stereocenters. The molecule has 0 spiro atoms. The third-order valence-electron chi connectivity index (χ3n) is 2.11. The molecule has 18 heavy (non-hydrogen) atoms. The number of nitrogens with one attached hydrogen (secondary N) is 1. The van der Waals surface area contributed by atoms with E-state index in [0.717, 1.165) is 0 Å². The van der Waals surface area contributed by atoms with Crippen LogP contribution in [0.15, 0.2) is 28.9 Å². The first-order valence-corrected chi connectivity index (χ1v) is 5.00. The van der Waals surface area contributed by atoms with Crippen LogP contribution in [0.4, 0.5) is 5.82 Å². The zero-order valence-electron chi connectivity index (χ0n) is 9.38. The topological polar surface area (TPSA) is 105 Å². The van der Waals surface area contributed by atoms with Gasteiger partial charge in [0.2, 0.25) is 0 Å². The minimum atomic E-state index is -1.19. The predicted octanol–water partition coefficient (Wildman–Crippen LogP) is 1.33. The molecule has 2 aromatic rings. The molecule has 2 heterocycles. The highest BCUT2D eigenvalue weighted by molar-refractivity contribution is 6.04. The molecular weight excluding hydrogens is 238 g/mol. The fourth-order valence-corrected chi connectivity index (χ4v) is 1.30. The van der Waals surface area contributed by atoms with Crippen molar-refractivity contribution in [3.8, 4) is 0 Å². The molecule has 0 aliphatic rings. The predicted molar refractivity (Wildman–Crippen MR) is 60.4 cm³/mol. The second-order valence-electron chi connectivity index (χ2n) is 3.51. The number of aryl methyl sites for hydroxylation is 1. The maximum absolute atomic E-state index is 11.8. The minimum Gasteiger partial charge on any atom is -0.477 e. The van der Waals surface area contributed by atoms with Gasteiger partial charge in [-0.3, -0.25) is 4.79 Å². The Labute approximate surface area is 101 Å². The van der Waals surface area contributed by atoms with Gasteiger partial charge in [0.1, 0.15) is 11.5 Å². The molecule has 0 saturated carbocycles. The largest absolute Gasteiger partial charge is 0.477 e. The maximum atomic E-state index is 11.8. The molecule has 7 heteroatoms. The van der Waals surface area contributed by atoms with Crippen LogP contribution in [0.25, 0.3) is 0 Å². The van der Waals surface area contributed by atoms with Gasteiger partial charge < -0.3 is 14.9 Å². The number of carboxylic acid groups (broad SMARTS) is 1. The van der Waals surface area contributed by atoms with Crippen LogP contribution in [-0.2, 0) is 0 Å². The monoisotopic (exact) mass is 247 g/mol. The molecule has 7 nitrogen and oxygen atoms in total. The summed E-state index contributed by atoms with van der Waals surface area (Å²) in [5.41, 5.74) is -0.0120. The van der Waals surface area contributed by atoms with Crippen molar-refractivity contribution in [1.82, 2.24) is 10.1 Å². The number of carbonyl (C=O) groups excluding carboxylic acids is 1. The molecule has 0 aliphatic heterocycles. The van der Waals surface area contributed by atoms with E-state index in [0.29, 0.717) is 5.76 Å².